The van der Waals surface area contributed by atoms with Crippen molar-refractivity contribution in [1.29, 1.82) is 0 Å². The second kappa shape index (κ2) is 5.95. The first-order valence-corrected chi connectivity index (χ1v) is 4.73. The van der Waals surface area contributed by atoms with Crippen molar-refractivity contribution in [1.82, 2.24) is 4.90 Å². The van der Waals surface area contributed by atoms with Crippen molar-refractivity contribution in [2.45, 2.75) is 0 Å². The molecule has 0 aliphatic carbocycles. The lowest BCUT2D eigenvalue weighted by atomic mass is 10.0. The Morgan fingerprint density at radius 1 is 1.50 bits per heavy atom. The number of nitrogens with zero attached hydrogens (tertiary/aromatic N) is 1. The molecule has 0 bridgehead atoms. The van der Waals surface area contributed by atoms with Gasteiger partial charge < -0.3 is 19.5 Å². The molecule has 1 heterocycles. The Hall–Kier alpha value is -0.650. The number of aliphatic hydroxyl groups excluding tert-OH is 1. The van der Waals surface area contributed by atoms with E-state index in [4.69, 9.17) is 14.6 Å². The summed E-state index contributed by atoms with van der Waals surface area (Å²) < 4.78 is 9.86. The lowest BCUT2D eigenvalue weighted by Gasteiger charge is -2.38. The summed E-state index contributed by atoms with van der Waals surface area (Å²) in [5.74, 6) is 0.253. The van der Waals surface area contributed by atoms with Gasteiger partial charge in [0.1, 0.15) is 6.61 Å². The molecule has 0 spiro atoms. The fourth-order valence-electron chi connectivity index (χ4n) is 1.28. The Morgan fingerprint density at radius 3 is 2.79 bits per heavy atom. The van der Waals surface area contributed by atoms with E-state index in [9.17, 15) is 4.79 Å². The van der Waals surface area contributed by atoms with E-state index >= 15 is 0 Å². The topological polar surface area (TPSA) is 59.0 Å². The Kier molecular flexibility index (Phi) is 4.86. The molecule has 0 unspecified atom stereocenters. The SMILES string of the molecule is COCCOCC(=O)N1CC(CO)C1. The van der Waals surface area contributed by atoms with Crippen LogP contribution in [0.15, 0.2) is 0 Å². The number of aliphatic hydroxyl groups is 1. The molecule has 5 heteroatoms. The second-order valence-corrected chi connectivity index (χ2v) is 3.39. The summed E-state index contributed by atoms with van der Waals surface area (Å²) in [5.41, 5.74) is 0. The number of likely N-dealkylation sites (tertiary alicyclic amines) is 1. The molecule has 0 aromatic rings. The molecule has 1 fully saturated rings. The second-order valence-electron chi connectivity index (χ2n) is 3.39. The summed E-state index contributed by atoms with van der Waals surface area (Å²) in [6, 6.07) is 0. The Labute approximate surface area is 83.6 Å². The van der Waals surface area contributed by atoms with Crippen LogP contribution in [0.5, 0.6) is 0 Å². The Bertz CT molecular complexity index is 180. The molecular weight excluding hydrogens is 186 g/mol. The largest absolute Gasteiger partial charge is 0.396 e. The number of rotatable bonds is 6. The number of amides is 1. The number of carbonyl (C=O) groups is 1. The van der Waals surface area contributed by atoms with Crippen molar-refractivity contribution in [2.75, 3.05) is 46.6 Å². The van der Waals surface area contributed by atoms with Gasteiger partial charge in [-0.2, -0.15) is 0 Å². The number of methoxy groups -OCH3 is 1. The molecule has 1 rings (SSSR count). The van der Waals surface area contributed by atoms with Crippen LogP contribution in [0.4, 0.5) is 0 Å². The van der Waals surface area contributed by atoms with Crippen molar-refractivity contribution in [2.24, 2.45) is 5.92 Å². The van der Waals surface area contributed by atoms with Gasteiger partial charge in [-0.15, -0.1) is 0 Å². The van der Waals surface area contributed by atoms with Gasteiger partial charge in [0.2, 0.25) is 5.91 Å². The maximum atomic E-state index is 11.3. The van der Waals surface area contributed by atoms with Gasteiger partial charge in [-0.1, -0.05) is 0 Å². The van der Waals surface area contributed by atoms with Gasteiger partial charge >= 0.3 is 0 Å². The highest BCUT2D eigenvalue weighted by Gasteiger charge is 2.29. The van der Waals surface area contributed by atoms with Crippen LogP contribution in [0, 0.1) is 5.92 Å². The van der Waals surface area contributed by atoms with Gasteiger partial charge in [0.05, 0.1) is 13.2 Å². The van der Waals surface area contributed by atoms with E-state index in [1.54, 1.807) is 12.0 Å². The standard InChI is InChI=1S/C9H17NO4/c1-13-2-3-14-7-9(12)10-4-8(5-10)6-11/h8,11H,2-7H2,1H3. The van der Waals surface area contributed by atoms with Gasteiger partial charge in [0, 0.05) is 32.7 Å². The number of hydrogen-bond donors (Lipinski definition) is 1. The Balaban J connectivity index is 2.00. The number of hydrogen-bond acceptors (Lipinski definition) is 4. The molecule has 1 aliphatic heterocycles. The molecule has 0 radical (unpaired) electrons. The maximum Gasteiger partial charge on any atom is 0.248 e. The van der Waals surface area contributed by atoms with Crippen LogP contribution in [-0.2, 0) is 14.3 Å². The van der Waals surface area contributed by atoms with Crippen molar-refractivity contribution < 1.29 is 19.4 Å². The predicted octanol–water partition coefficient (Wildman–Crippen LogP) is -0.900. The summed E-state index contributed by atoms with van der Waals surface area (Å²) in [5, 5.41) is 8.75. The van der Waals surface area contributed by atoms with E-state index in [2.05, 4.69) is 0 Å². The Morgan fingerprint density at radius 2 is 2.21 bits per heavy atom. The van der Waals surface area contributed by atoms with Crippen LogP contribution in [0.25, 0.3) is 0 Å². The normalized spacial score (nSPS) is 16.9. The summed E-state index contributed by atoms with van der Waals surface area (Å²) in [4.78, 5) is 13.0. The predicted molar refractivity (Wildman–Crippen MR) is 49.9 cm³/mol. The smallest absolute Gasteiger partial charge is 0.248 e. The first-order valence-electron chi connectivity index (χ1n) is 4.73. The number of ether oxygens (including phenoxy) is 2. The minimum atomic E-state index is -0.00852. The van der Waals surface area contributed by atoms with Crippen molar-refractivity contribution in [3.63, 3.8) is 0 Å². The lowest BCUT2D eigenvalue weighted by molar-refractivity contribution is -0.143. The van der Waals surface area contributed by atoms with Gasteiger partial charge in [-0.25, -0.2) is 0 Å². The average Bonchev–Trinajstić information content (AvgIpc) is 2.11. The van der Waals surface area contributed by atoms with Gasteiger partial charge in [-0.05, 0) is 0 Å². The van der Waals surface area contributed by atoms with E-state index in [0.29, 0.717) is 26.3 Å². The summed E-state index contributed by atoms with van der Waals surface area (Å²) in [6.07, 6.45) is 0. The first kappa shape index (κ1) is 11.4. The zero-order chi connectivity index (χ0) is 10.4. The van der Waals surface area contributed by atoms with Crippen LogP contribution in [0.2, 0.25) is 0 Å². The molecule has 0 saturated carbocycles. The summed E-state index contributed by atoms with van der Waals surface area (Å²) in [6.45, 7) is 2.54. The average molecular weight is 203 g/mol. The highest BCUT2D eigenvalue weighted by atomic mass is 16.5. The zero-order valence-electron chi connectivity index (χ0n) is 8.44. The monoisotopic (exact) mass is 203 g/mol. The molecule has 0 atom stereocenters. The highest BCUT2D eigenvalue weighted by molar-refractivity contribution is 5.78. The first-order chi connectivity index (χ1) is 6.77. The fraction of sp³-hybridized carbons (Fsp3) is 0.889. The molecule has 0 aromatic carbocycles. The molecule has 82 valence electrons. The zero-order valence-corrected chi connectivity index (χ0v) is 8.44. The summed E-state index contributed by atoms with van der Waals surface area (Å²) in [7, 11) is 1.59. The van der Waals surface area contributed by atoms with Crippen molar-refractivity contribution in [3.05, 3.63) is 0 Å². The molecule has 1 N–H and O–H groups in total. The van der Waals surface area contributed by atoms with E-state index in [1.165, 1.54) is 0 Å². The van der Waals surface area contributed by atoms with Gasteiger partial charge in [-0.3, -0.25) is 4.79 Å². The van der Waals surface area contributed by atoms with E-state index in [1.807, 2.05) is 0 Å². The third-order valence-corrected chi connectivity index (χ3v) is 2.23. The van der Waals surface area contributed by atoms with Crippen LogP contribution in [0.3, 0.4) is 0 Å². The van der Waals surface area contributed by atoms with E-state index in [-0.39, 0.29) is 25.0 Å². The third kappa shape index (κ3) is 3.25. The van der Waals surface area contributed by atoms with E-state index in [0.717, 1.165) is 0 Å². The minimum Gasteiger partial charge on any atom is -0.396 e. The summed E-state index contributed by atoms with van der Waals surface area (Å²) >= 11 is 0. The molecule has 1 saturated heterocycles. The highest BCUT2D eigenvalue weighted by Crippen LogP contribution is 2.14. The van der Waals surface area contributed by atoms with E-state index < -0.39 is 0 Å². The van der Waals surface area contributed by atoms with Crippen molar-refractivity contribution >= 4 is 5.91 Å². The van der Waals surface area contributed by atoms with Crippen molar-refractivity contribution in [3.8, 4) is 0 Å². The number of carbonyl (C=O) groups excluding carboxylic acids is 1. The molecule has 1 amide bonds. The molecule has 5 nitrogen and oxygen atoms in total. The van der Waals surface area contributed by atoms with Gasteiger partial charge in [0.15, 0.2) is 0 Å². The molecular formula is C9H17NO4. The minimum absolute atomic E-state index is 0.00852. The molecule has 1 aliphatic rings. The van der Waals surface area contributed by atoms with Gasteiger partial charge in [0.25, 0.3) is 0 Å². The fourth-order valence-corrected chi connectivity index (χ4v) is 1.28. The molecule has 0 aromatic heterocycles. The van der Waals surface area contributed by atoms with Crippen LogP contribution < -0.4 is 0 Å². The lowest BCUT2D eigenvalue weighted by Crippen LogP contribution is -2.52. The third-order valence-electron chi connectivity index (χ3n) is 2.23. The quantitative estimate of drug-likeness (QED) is 0.568. The maximum absolute atomic E-state index is 11.3. The van der Waals surface area contributed by atoms with Crippen LogP contribution in [0.1, 0.15) is 0 Å². The molecule has 14 heavy (non-hydrogen) atoms. The van der Waals surface area contributed by atoms with Crippen LogP contribution >= 0.6 is 0 Å². The van der Waals surface area contributed by atoms with Crippen LogP contribution in [-0.4, -0.2) is 62.5 Å².